The molecule has 114 valence electrons. The van der Waals surface area contributed by atoms with Crippen LogP contribution in [0.25, 0.3) is 22.7 Å². The number of hydrogen-bond acceptors (Lipinski definition) is 5. The number of halogens is 1. The Hall–Kier alpha value is -2.24. The van der Waals surface area contributed by atoms with Gasteiger partial charge >= 0.3 is 0 Å². The average Bonchev–Trinajstić information content (AvgIpc) is 2.95. The third kappa shape index (κ3) is 3.50. The Labute approximate surface area is 135 Å². The van der Waals surface area contributed by atoms with E-state index in [1.807, 2.05) is 12.1 Å². The SMILES string of the molecule is Cc1noc(-c2ccc(-c3ccc(CCN)cc3)nc2)n1.Cl. The van der Waals surface area contributed by atoms with E-state index in [2.05, 4.69) is 39.4 Å². The van der Waals surface area contributed by atoms with Crippen molar-refractivity contribution < 1.29 is 4.52 Å². The zero-order chi connectivity index (χ0) is 14.7. The third-order valence-electron chi connectivity index (χ3n) is 3.22. The van der Waals surface area contributed by atoms with Crippen LogP contribution < -0.4 is 5.73 Å². The lowest BCUT2D eigenvalue weighted by atomic mass is 10.1. The van der Waals surface area contributed by atoms with Gasteiger partial charge in [0, 0.05) is 11.8 Å². The lowest BCUT2D eigenvalue weighted by Crippen LogP contribution is -2.02. The van der Waals surface area contributed by atoms with Crippen LogP contribution in [0.15, 0.2) is 47.1 Å². The van der Waals surface area contributed by atoms with Crippen LogP contribution in [0.5, 0.6) is 0 Å². The van der Waals surface area contributed by atoms with E-state index in [9.17, 15) is 0 Å². The first-order valence-electron chi connectivity index (χ1n) is 6.82. The van der Waals surface area contributed by atoms with Crippen molar-refractivity contribution in [2.24, 2.45) is 5.73 Å². The number of aryl methyl sites for hydroxylation is 1. The van der Waals surface area contributed by atoms with Crippen LogP contribution >= 0.6 is 12.4 Å². The summed E-state index contributed by atoms with van der Waals surface area (Å²) in [6, 6.07) is 12.2. The molecule has 1 aromatic carbocycles. The first-order chi connectivity index (χ1) is 10.3. The summed E-state index contributed by atoms with van der Waals surface area (Å²) in [5.41, 5.74) is 9.59. The predicted molar refractivity (Wildman–Crippen MR) is 87.7 cm³/mol. The van der Waals surface area contributed by atoms with Crippen molar-refractivity contribution in [1.82, 2.24) is 15.1 Å². The number of hydrogen-bond donors (Lipinski definition) is 1. The molecule has 0 saturated carbocycles. The normalized spacial score (nSPS) is 10.3. The Morgan fingerprint density at radius 2 is 1.77 bits per heavy atom. The highest BCUT2D eigenvalue weighted by Gasteiger charge is 2.07. The van der Waals surface area contributed by atoms with E-state index in [-0.39, 0.29) is 12.4 Å². The smallest absolute Gasteiger partial charge is 0.259 e. The molecule has 0 atom stereocenters. The first kappa shape index (κ1) is 16.1. The van der Waals surface area contributed by atoms with E-state index in [1.54, 1.807) is 13.1 Å². The molecule has 0 fully saturated rings. The molecular formula is C16H17ClN4O. The van der Waals surface area contributed by atoms with Crippen molar-refractivity contribution in [2.45, 2.75) is 13.3 Å². The van der Waals surface area contributed by atoms with Crippen LogP contribution in [0.2, 0.25) is 0 Å². The van der Waals surface area contributed by atoms with Crippen LogP contribution in [0, 0.1) is 6.92 Å². The monoisotopic (exact) mass is 316 g/mol. The largest absolute Gasteiger partial charge is 0.334 e. The Balaban J connectivity index is 0.00000176. The van der Waals surface area contributed by atoms with Gasteiger partial charge in [-0.05, 0) is 37.6 Å². The summed E-state index contributed by atoms with van der Waals surface area (Å²) in [4.78, 5) is 8.64. The number of benzene rings is 1. The second-order valence-electron chi connectivity index (χ2n) is 4.81. The standard InChI is InChI=1S/C16H16N4O.ClH/c1-11-19-16(21-20-11)14-6-7-15(18-10-14)13-4-2-12(3-5-13)8-9-17;/h2-7,10H,8-9,17H2,1H3;1H. The van der Waals surface area contributed by atoms with Gasteiger partial charge in [0.05, 0.1) is 11.3 Å². The Bertz CT molecular complexity index is 723. The quantitative estimate of drug-likeness (QED) is 0.800. The highest BCUT2D eigenvalue weighted by Crippen LogP contribution is 2.21. The fourth-order valence-electron chi connectivity index (χ4n) is 2.11. The summed E-state index contributed by atoms with van der Waals surface area (Å²) >= 11 is 0. The van der Waals surface area contributed by atoms with Gasteiger partial charge in [-0.3, -0.25) is 4.98 Å². The molecule has 0 aliphatic carbocycles. The second-order valence-corrected chi connectivity index (χ2v) is 4.81. The molecule has 0 radical (unpaired) electrons. The molecule has 3 rings (SSSR count). The van der Waals surface area contributed by atoms with Crippen molar-refractivity contribution in [3.8, 4) is 22.7 Å². The van der Waals surface area contributed by atoms with Crippen molar-refractivity contribution in [1.29, 1.82) is 0 Å². The van der Waals surface area contributed by atoms with Crippen LogP contribution in [0.4, 0.5) is 0 Å². The highest BCUT2D eigenvalue weighted by molar-refractivity contribution is 5.85. The number of pyridine rings is 1. The molecule has 5 nitrogen and oxygen atoms in total. The Kier molecular flexibility index (Phi) is 5.25. The van der Waals surface area contributed by atoms with Gasteiger partial charge in [0.2, 0.25) is 0 Å². The van der Waals surface area contributed by atoms with Gasteiger partial charge in [-0.1, -0.05) is 29.4 Å². The van der Waals surface area contributed by atoms with Gasteiger partial charge in [-0.15, -0.1) is 12.4 Å². The Morgan fingerprint density at radius 3 is 2.32 bits per heavy atom. The molecule has 0 saturated heterocycles. The summed E-state index contributed by atoms with van der Waals surface area (Å²) < 4.78 is 5.13. The van der Waals surface area contributed by atoms with Crippen molar-refractivity contribution in [2.75, 3.05) is 6.54 Å². The maximum Gasteiger partial charge on any atom is 0.259 e. The topological polar surface area (TPSA) is 77.8 Å². The van der Waals surface area contributed by atoms with E-state index >= 15 is 0 Å². The fourth-order valence-corrected chi connectivity index (χ4v) is 2.11. The van der Waals surface area contributed by atoms with E-state index in [0.29, 0.717) is 18.3 Å². The van der Waals surface area contributed by atoms with Gasteiger partial charge in [0.1, 0.15) is 0 Å². The number of aromatic nitrogens is 3. The lowest BCUT2D eigenvalue weighted by Gasteiger charge is -2.03. The minimum atomic E-state index is 0. The van der Waals surface area contributed by atoms with Crippen molar-refractivity contribution in [3.63, 3.8) is 0 Å². The molecule has 22 heavy (non-hydrogen) atoms. The number of nitrogens with two attached hydrogens (primary N) is 1. The average molecular weight is 317 g/mol. The lowest BCUT2D eigenvalue weighted by molar-refractivity contribution is 0.425. The minimum absolute atomic E-state index is 0. The number of nitrogens with zero attached hydrogens (tertiary/aromatic N) is 3. The van der Waals surface area contributed by atoms with Crippen LogP contribution in [-0.4, -0.2) is 21.7 Å². The van der Waals surface area contributed by atoms with E-state index in [4.69, 9.17) is 10.3 Å². The molecule has 0 spiro atoms. The minimum Gasteiger partial charge on any atom is -0.334 e. The molecule has 0 amide bonds. The molecule has 2 N–H and O–H groups in total. The second kappa shape index (κ2) is 7.15. The predicted octanol–water partition coefficient (Wildman–Crippen LogP) is 3.03. The van der Waals surface area contributed by atoms with Gasteiger partial charge in [0.15, 0.2) is 5.82 Å². The molecule has 0 unspecified atom stereocenters. The zero-order valence-corrected chi connectivity index (χ0v) is 13.0. The fraction of sp³-hybridized carbons (Fsp3) is 0.188. The maximum atomic E-state index is 5.55. The summed E-state index contributed by atoms with van der Waals surface area (Å²) in [5, 5.41) is 3.78. The first-order valence-corrected chi connectivity index (χ1v) is 6.82. The number of rotatable bonds is 4. The van der Waals surface area contributed by atoms with E-state index < -0.39 is 0 Å². The summed E-state index contributed by atoms with van der Waals surface area (Å²) in [6.45, 7) is 2.45. The third-order valence-corrected chi connectivity index (χ3v) is 3.22. The molecule has 0 aliphatic heterocycles. The molecule has 2 heterocycles. The molecular weight excluding hydrogens is 300 g/mol. The van der Waals surface area contributed by atoms with E-state index in [0.717, 1.165) is 23.2 Å². The zero-order valence-electron chi connectivity index (χ0n) is 12.2. The summed E-state index contributed by atoms with van der Waals surface area (Å²) in [5.74, 6) is 1.11. The highest BCUT2D eigenvalue weighted by atomic mass is 35.5. The van der Waals surface area contributed by atoms with Gasteiger partial charge in [-0.25, -0.2) is 0 Å². The van der Waals surface area contributed by atoms with Crippen molar-refractivity contribution in [3.05, 3.63) is 54.0 Å². The van der Waals surface area contributed by atoms with Gasteiger partial charge < -0.3 is 10.3 Å². The summed E-state index contributed by atoms with van der Waals surface area (Å²) in [6.07, 6.45) is 2.64. The molecule has 3 aromatic rings. The van der Waals surface area contributed by atoms with Crippen molar-refractivity contribution >= 4 is 12.4 Å². The van der Waals surface area contributed by atoms with Crippen LogP contribution in [0.3, 0.4) is 0 Å². The maximum absolute atomic E-state index is 5.55. The summed E-state index contributed by atoms with van der Waals surface area (Å²) in [7, 11) is 0. The Morgan fingerprint density at radius 1 is 1.05 bits per heavy atom. The van der Waals surface area contributed by atoms with E-state index in [1.165, 1.54) is 5.56 Å². The molecule has 0 aliphatic rings. The molecule has 2 aromatic heterocycles. The van der Waals surface area contributed by atoms with Gasteiger partial charge in [0.25, 0.3) is 5.89 Å². The van der Waals surface area contributed by atoms with Crippen LogP contribution in [0.1, 0.15) is 11.4 Å². The molecule has 6 heteroatoms. The molecule has 0 bridgehead atoms. The van der Waals surface area contributed by atoms with Gasteiger partial charge in [-0.2, -0.15) is 4.98 Å². The van der Waals surface area contributed by atoms with Crippen LogP contribution in [-0.2, 0) is 6.42 Å².